The normalized spacial score (nSPS) is 12.4. The van der Waals surface area contributed by atoms with E-state index in [0.717, 1.165) is 6.54 Å². The number of aromatic nitrogens is 3. The van der Waals surface area contributed by atoms with E-state index in [4.69, 9.17) is 4.74 Å². The summed E-state index contributed by atoms with van der Waals surface area (Å²) in [4.78, 5) is 4.17. The summed E-state index contributed by atoms with van der Waals surface area (Å²) in [5.41, 5.74) is 0.661. The van der Waals surface area contributed by atoms with Gasteiger partial charge in [0, 0.05) is 6.54 Å². The molecule has 2 aromatic heterocycles. The third-order valence-electron chi connectivity index (χ3n) is 2.66. The van der Waals surface area contributed by atoms with Crippen LogP contribution in [0.25, 0.3) is 0 Å². The van der Waals surface area contributed by atoms with Crippen LogP contribution in [0.3, 0.4) is 0 Å². The fraction of sp³-hybridized carbons (Fsp3) is 0.385. The Labute approximate surface area is 106 Å². The monoisotopic (exact) mass is 247 g/mol. The average Bonchev–Trinajstić information content (AvgIpc) is 2.86. The lowest BCUT2D eigenvalue weighted by atomic mass is 10.2. The second-order valence-corrected chi connectivity index (χ2v) is 3.98. The van der Waals surface area contributed by atoms with Crippen LogP contribution in [0.15, 0.2) is 30.7 Å². The standard InChI is InChI=1S/C13H17N3O2/c1-3-13(17)12-6-5-10(7-14-12)18-11-8-15-16(4-2)9-11/h5-9,13,17H,3-4H2,1-2H3/t13-/m1/s1. The Morgan fingerprint density at radius 1 is 1.28 bits per heavy atom. The molecule has 0 aromatic carbocycles. The quantitative estimate of drug-likeness (QED) is 0.882. The maximum absolute atomic E-state index is 9.63. The molecule has 0 fully saturated rings. The number of aliphatic hydroxyl groups excluding tert-OH is 1. The third kappa shape index (κ3) is 2.87. The Morgan fingerprint density at radius 2 is 2.11 bits per heavy atom. The largest absolute Gasteiger partial charge is 0.452 e. The van der Waals surface area contributed by atoms with Crippen molar-refractivity contribution in [2.45, 2.75) is 32.9 Å². The number of ether oxygens (including phenoxy) is 1. The van der Waals surface area contributed by atoms with E-state index in [2.05, 4.69) is 10.1 Å². The maximum atomic E-state index is 9.63. The summed E-state index contributed by atoms with van der Waals surface area (Å²) in [6, 6.07) is 3.57. The van der Waals surface area contributed by atoms with Gasteiger partial charge in [0.15, 0.2) is 5.75 Å². The lowest BCUT2D eigenvalue weighted by Crippen LogP contribution is -1.98. The molecule has 0 saturated heterocycles. The molecule has 0 saturated carbocycles. The van der Waals surface area contributed by atoms with Gasteiger partial charge >= 0.3 is 0 Å². The molecule has 0 bridgehead atoms. The molecule has 5 nitrogen and oxygen atoms in total. The number of aliphatic hydroxyl groups is 1. The molecule has 0 aliphatic rings. The van der Waals surface area contributed by atoms with Gasteiger partial charge in [-0.1, -0.05) is 6.92 Å². The van der Waals surface area contributed by atoms with Crippen LogP contribution < -0.4 is 4.74 Å². The lowest BCUT2D eigenvalue weighted by Gasteiger charge is -2.07. The van der Waals surface area contributed by atoms with E-state index in [1.807, 2.05) is 20.0 Å². The molecule has 0 spiro atoms. The highest BCUT2D eigenvalue weighted by molar-refractivity contribution is 5.27. The van der Waals surface area contributed by atoms with Crippen molar-refractivity contribution in [3.63, 3.8) is 0 Å². The van der Waals surface area contributed by atoms with Crippen molar-refractivity contribution in [3.8, 4) is 11.5 Å². The van der Waals surface area contributed by atoms with Crippen molar-refractivity contribution in [2.24, 2.45) is 0 Å². The topological polar surface area (TPSA) is 60.2 Å². The number of pyridine rings is 1. The predicted molar refractivity (Wildman–Crippen MR) is 67.5 cm³/mol. The molecule has 2 rings (SSSR count). The van der Waals surface area contributed by atoms with Gasteiger partial charge in [-0.05, 0) is 25.5 Å². The number of aryl methyl sites for hydroxylation is 1. The van der Waals surface area contributed by atoms with Crippen LogP contribution >= 0.6 is 0 Å². The lowest BCUT2D eigenvalue weighted by molar-refractivity contribution is 0.169. The van der Waals surface area contributed by atoms with E-state index in [0.29, 0.717) is 23.6 Å². The fourth-order valence-corrected chi connectivity index (χ4v) is 1.56. The summed E-state index contributed by atoms with van der Waals surface area (Å²) in [5.74, 6) is 1.32. The Balaban J connectivity index is 2.06. The van der Waals surface area contributed by atoms with E-state index in [1.54, 1.807) is 29.2 Å². The van der Waals surface area contributed by atoms with Crippen molar-refractivity contribution >= 4 is 0 Å². The van der Waals surface area contributed by atoms with Crippen LogP contribution in [0.4, 0.5) is 0 Å². The van der Waals surface area contributed by atoms with E-state index in [1.165, 1.54) is 0 Å². The van der Waals surface area contributed by atoms with Crippen molar-refractivity contribution in [1.82, 2.24) is 14.8 Å². The second kappa shape index (κ2) is 5.64. The van der Waals surface area contributed by atoms with Crippen LogP contribution in [0.1, 0.15) is 32.1 Å². The van der Waals surface area contributed by atoms with Crippen LogP contribution in [-0.2, 0) is 6.54 Å². The highest BCUT2D eigenvalue weighted by Crippen LogP contribution is 2.21. The first kappa shape index (κ1) is 12.6. The molecule has 1 atom stereocenters. The van der Waals surface area contributed by atoms with E-state index < -0.39 is 6.10 Å². The number of hydrogen-bond donors (Lipinski definition) is 1. The molecule has 2 aromatic rings. The molecule has 2 heterocycles. The van der Waals surface area contributed by atoms with Gasteiger partial charge in [-0.2, -0.15) is 5.10 Å². The van der Waals surface area contributed by atoms with Gasteiger partial charge in [0.25, 0.3) is 0 Å². The van der Waals surface area contributed by atoms with Gasteiger partial charge in [0.05, 0.1) is 30.4 Å². The first-order valence-electron chi connectivity index (χ1n) is 6.07. The van der Waals surface area contributed by atoms with E-state index in [9.17, 15) is 5.11 Å². The summed E-state index contributed by atoms with van der Waals surface area (Å²) < 4.78 is 7.39. The third-order valence-corrected chi connectivity index (χ3v) is 2.66. The molecule has 0 radical (unpaired) electrons. The molecule has 0 unspecified atom stereocenters. The second-order valence-electron chi connectivity index (χ2n) is 3.98. The summed E-state index contributed by atoms with van der Waals surface area (Å²) >= 11 is 0. The first-order chi connectivity index (χ1) is 8.72. The van der Waals surface area contributed by atoms with E-state index in [-0.39, 0.29) is 0 Å². The van der Waals surface area contributed by atoms with Crippen molar-refractivity contribution in [2.75, 3.05) is 0 Å². The minimum absolute atomic E-state index is 0.512. The number of rotatable bonds is 5. The van der Waals surface area contributed by atoms with Gasteiger partial charge in [0.2, 0.25) is 0 Å². The van der Waals surface area contributed by atoms with Gasteiger partial charge in [-0.15, -0.1) is 0 Å². The van der Waals surface area contributed by atoms with Crippen LogP contribution in [0.2, 0.25) is 0 Å². The summed E-state index contributed by atoms with van der Waals surface area (Å²) in [6.07, 6.45) is 5.24. The van der Waals surface area contributed by atoms with Crippen molar-refractivity contribution < 1.29 is 9.84 Å². The fourth-order valence-electron chi connectivity index (χ4n) is 1.56. The molecular formula is C13H17N3O2. The van der Waals surface area contributed by atoms with Crippen molar-refractivity contribution in [3.05, 3.63) is 36.4 Å². The Kier molecular flexibility index (Phi) is 3.94. The van der Waals surface area contributed by atoms with E-state index >= 15 is 0 Å². The minimum atomic E-state index is -0.512. The SMILES string of the molecule is CC[C@@H](O)c1ccc(Oc2cnn(CC)c2)cn1. The highest BCUT2D eigenvalue weighted by atomic mass is 16.5. The molecule has 5 heteroatoms. The Morgan fingerprint density at radius 3 is 2.67 bits per heavy atom. The van der Waals surface area contributed by atoms with Gasteiger partial charge in [-0.3, -0.25) is 9.67 Å². The minimum Gasteiger partial charge on any atom is -0.452 e. The molecule has 0 aliphatic carbocycles. The van der Waals surface area contributed by atoms with Crippen LogP contribution in [-0.4, -0.2) is 19.9 Å². The molecular weight excluding hydrogens is 230 g/mol. The average molecular weight is 247 g/mol. The van der Waals surface area contributed by atoms with Gasteiger partial charge in [0.1, 0.15) is 5.75 Å². The molecule has 1 N–H and O–H groups in total. The van der Waals surface area contributed by atoms with Crippen molar-refractivity contribution in [1.29, 1.82) is 0 Å². The van der Waals surface area contributed by atoms with Crippen LogP contribution in [0, 0.1) is 0 Å². The summed E-state index contributed by atoms with van der Waals surface area (Å²) in [5, 5.41) is 13.7. The zero-order chi connectivity index (χ0) is 13.0. The van der Waals surface area contributed by atoms with Crippen LogP contribution in [0.5, 0.6) is 11.5 Å². The maximum Gasteiger partial charge on any atom is 0.165 e. The summed E-state index contributed by atoms with van der Waals surface area (Å²) in [6.45, 7) is 4.73. The first-order valence-corrected chi connectivity index (χ1v) is 6.07. The summed E-state index contributed by atoms with van der Waals surface area (Å²) in [7, 11) is 0. The Hall–Kier alpha value is -1.88. The Bertz CT molecular complexity index is 493. The molecule has 18 heavy (non-hydrogen) atoms. The molecule has 96 valence electrons. The molecule has 0 aliphatic heterocycles. The molecule has 0 amide bonds. The van der Waals surface area contributed by atoms with Gasteiger partial charge in [-0.25, -0.2) is 0 Å². The zero-order valence-corrected chi connectivity index (χ0v) is 10.6. The number of nitrogens with zero attached hydrogens (tertiary/aromatic N) is 3. The smallest absolute Gasteiger partial charge is 0.165 e. The highest BCUT2D eigenvalue weighted by Gasteiger charge is 2.07. The number of hydrogen-bond acceptors (Lipinski definition) is 4. The predicted octanol–water partition coefficient (Wildman–Crippen LogP) is 2.53. The zero-order valence-electron chi connectivity index (χ0n) is 10.6. The van der Waals surface area contributed by atoms with Gasteiger partial charge < -0.3 is 9.84 Å².